The number of rotatable bonds is 5. The number of hydrogen-bond donors (Lipinski definition) is 2. The van der Waals surface area contributed by atoms with Gasteiger partial charge in [0.1, 0.15) is 5.75 Å². The maximum absolute atomic E-state index is 12.3. The van der Waals surface area contributed by atoms with E-state index in [0.29, 0.717) is 5.75 Å². The Labute approximate surface area is 124 Å². The molecule has 0 spiro atoms. The van der Waals surface area contributed by atoms with Gasteiger partial charge in [0.15, 0.2) is 0 Å². The van der Waals surface area contributed by atoms with Gasteiger partial charge in [0, 0.05) is 5.56 Å². The van der Waals surface area contributed by atoms with E-state index in [1.54, 1.807) is 7.11 Å². The average molecular weight is 291 g/mol. The van der Waals surface area contributed by atoms with E-state index in [4.69, 9.17) is 9.84 Å². The summed E-state index contributed by atoms with van der Waals surface area (Å²) in [6, 6.07) is 7.22. The van der Waals surface area contributed by atoms with Crippen LogP contribution in [0.2, 0.25) is 0 Å². The summed E-state index contributed by atoms with van der Waals surface area (Å²) in [5.74, 6) is -1.51. The summed E-state index contributed by atoms with van der Waals surface area (Å²) in [7, 11) is 1.58. The number of hydrogen-bond acceptors (Lipinski definition) is 3. The number of carboxylic acids is 1. The molecular weight excluding hydrogens is 270 g/mol. The van der Waals surface area contributed by atoms with E-state index in [1.807, 2.05) is 45.0 Å². The Balaban J connectivity index is 2.09. The van der Waals surface area contributed by atoms with Gasteiger partial charge in [-0.3, -0.25) is 9.59 Å². The van der Waals surface area contributed by atoms with Crippen molar-refractivity contribution >= 4 is 11.9 Å². The molecule has 5 heteroatoms. The monoisotopic (exact) mass is 291 g/mol. The number of benzene rings is 1. The van der Waals surface area contributed by atoms with Gasteiger partial charge >= 0.3 is 5.97 Å². The predicted octanol–water partition coefficient (Wildman–Crippen LogP) is 2.23. The minimum absolute atomic E-state index is 0.217. The first-order chi connectivity index (χ1) is 9.80. The molecule has 2 N–H and O–H groups in total. The Hall–Kier alpha value is -2.04. The van der Waals surface area contributed by atoms with E-state index < -0.39 is 23.2 Å². The lowest BCUT2D eigenvalue weighted by atomic mass is 10.1. The number of para-hydroxylation sites is 1. The molecule has 1 fully saturated rings. The number of amides is 1. The maximum atomic E-state index is 12.3. The van der Waals surface area contributed by atoms with Gasteiger partial charge in [-0.05, 0) is 18.4 Å². The molecule has 1 saturated carbocycles. The van der Waals surface area contributed by atoms with Gasteiger partial charge in [-0.1, -0.05) is 32.0 Å². The number of nitrogens with one attached hydrogen (secondary N) is 1. The summed E-state index contributed by atoms with van der Waals surface area (Å²) in [4.78, 5) is 23.5. The van der Waals surface area contributed by atoms with Crippen LogP contribution in [0.3, 0.4) is 0 Å². The third-order valence-electron chi connectivity index (χ3n) is 4.34. The molecule has 1 amide bonds. The van der Waals surface area contributed by atoms with E-state index in [9.17, 15) is 9.59 Å². The Kier molecular flexibility index (Phi) is 3.94. The molecule has 1 aromatic rings. The van der Waals surface area contributed by atoms with Crippen LogP contribution in [-0.2, 0) is 9.59 Å². The van der Waals surface area contributed by atoms with Gasteiger partial charge in [0.2, 0.25) is 5.91 Å². The number of ether oxygens (including phenoxy) is 1. The quantitative estimate of drug-likeness (QED) is 0.872. The van der Waals surface area contributed by atoms with Gasteiger partial charge < -0.3 is 15.2 Å². The molecule has 2 rings (SSSR count). The molecule has 0 saturated heterocycles. The lowest BCUT2D eigenvalue weighted by Gasteiger charge is -2.17. The highest BCUT2D eigenvalue weighted by atomic mass is 16.5. The summed E-state index contributed by atoms with van der Waals surface area (Å²) >= 11 is 0. The van der Waals surface area contributed by atoms with E-state index in [0.717, 1.165) is 5.56 Å². The van der Waals surface area contributed by atoms with Crippen molar-refractivity contribution in [2.75, 3.05) is 7.11 Å². The van der Waals surface area contributed by atoms with Crippen LogP contribution in [0.15, 0.2) is 24.3 Å². The summed E-state index contributed by atoms with van der Waals surface area (Å²) in [6.07, 6.45) is 0. The molecule has 0 unspecified atom stereocenters. The zero-order valence-electron chi connectivity index (χ0n) is 12.7. The first-order valence-corrected chi connectivity index (χ1v) is 6.96. The molecular formula is C16H21NO4. The first kappa shape index (κ1) is 15.4. The summed E-state index contributed by atoms with van der Waals surface area (Å²) in [5, 5.41) is 12.0. The van der Waals surface area contributed by atoms with Crippen LogP contribution in [0, 0.1) is 17.3 Å². The lowest BCUT2D eigenvalue weighted by Crippen LogP contribution is -2.30. The topological polar surface area (TPSA) is 75.6 Å². The van der Waals surface area contributed by atoms with Gasteiger partial charge in [-0.25, -0.2) is 0 Å². The number of methoxy groups -OCH3 is 1. The summed E-state index contributed by atoms with van der Waals surface area (Å²) < 4.78 is 5.28. The van der Waals surface area contributed by atoms with Gasteiger partial charge in [0.05, 0.1) is 25.0 Å². The molecule has 1 aromatic carbocycles. The third kappa shape index (κ3) is 2.73. The van der Waals surface area contributed by atoms with Crippen molar-refractivity contribution in [3.05, 3.63) is 29.8 Å². The Morgan fingerprint density at radius 3 is 2.43 bits per heavy atom. The van der Waals surface area contributed by atoms with Crippen molar-refractivity contribution in [3.63, 3.8) is 0 Å². The lowest BCUT2D eigenvalue weighted by molar-refractivity contribution is -0.140. The smallest absolute Gasteiger partial charge is 0.307 e. The van der Waals surface area contributed by atoms with Crippen molar-refractivity contribution in [2.45, 2.75) is 26.8 Å². The van der Waals surface area contributed by atoms with Gasteiger partial charge in [-0.15, -0.1) is 0 Å². The number of carboxylic acid groups (broad SMARTS) is 1. The molecule has 0 radical (unpaired) electrons. The van der Waals surface area contributed by atoms with E-state index >= 15 is 0 Å². The third-order valence-corrected chi connectivity index (χ3v) is 4.34. The Morgan fingerprint density at radius 2 is 1.90 bits per heavy atom. The fraction of sp³-hybridized carbons (Fsp3) is 0.500. The SMILES string of the molecule is COc1ccccc1[C@H](C)NC(=O)[C@H]1[C@@H](C(=O)O)C1(C)C. The van der Waals surface area contributed by atoms with Crippen LogP contribution >= 0.6 is 0 Å². The summed E-state index contributed by atoms with van der Waals surface area (Å²) in [5.41, 5.74) is 0.384. The maximum Gasteiger partial charge on any atom is 0.307 e. The second-order valence-electron chi connectivity index (χ2n) is 6.09. The van der Waals surface area contributed by atoms with E-state index in [-0.39, 0.29) is 11.9 Å². The Bertz CT molecular complexity index is 567. The molecule has 114 valence electrons. The second kappa shape index (κ2) is 5.39. The highest BCUT2D eigenvalue weighted by molar-refractivity contribution is 5.91. The molecule has 21 heavy (non-hydrogen) atoms. The van der Waals surface area contributed by atoms with Crippen molar-refractivity contribution in [1.29, 1.82) is 0 Å². The number of carbonyl (C=O) groups is 2. The van der Waals surface area contributed by atoms with Gasteiger partial charge in [-0.2, -0.15) is 0 Å². The number of aliphatic carboxylic acids is 1. The average Bonchev–Trinajstić information content (AvgIpc) is 3.01. The van der Waals surface area contributed by atoms with Crippen LogP contribution in [0.25, 0.3) is 0 Å². The molecule has 1 aliphatic rings. The molecule has 3 atom stereocenters. The van der Waals surface area contributed by atoms with Crippen molar-refractivity contribution < 1.29 is 19.4 Å². The standard InChI is InChI=1S/C16H21NO4/c1-9(10-7-5-6-8-11(10)21-4)17-14(18)12-13(15(19)20)16(12,2)3/h5-9,12-13H,1-4H3,(H,17,18)(H,19,20)/t9-,12+,13-/m0/s1. The second-order valence-corrected chi connectivity index (χ2v) is 6.09. The van der Waals surface area contributed by atoms with Gasteiger partial charge in [0.25, 0.3) is 0 Å². The summed E-state index contributed by atoms with van der Waals surface area (Å²) in [6.45, 7) is 5.48. The zero-order chi connectivity index (χ0) is 15.8. The van der Waals surface area contributed by atoms with E-state index in [1.165, 1.54) is 0 Å². The van der Waals surface area contributed by atoms with Crippen molar-refractivity contribution in [2.24, 2.45) is 17.3 Å². The first-order valence-electron chi connectivity index (χ1n) is 6.96. The molecule has 0 bridgehead atoms. The normalized spacial score (nSPS) is 24.0. The largest absolute Gasteiger partial charge is 0.496 e. The highest BCUT2D eigenvalue weighted by Crippen LogP contribution is 2.58. The fourth-order valence-electron chi connectivity index (χ4n) is 2.99. The Morgan fingerprint density at radius 1 is 1.29 bits per heavy atom. The van der Waals surface area contributed by atoms with E-state index in [2.05, 4.69) is 5.32 Å². The zero-order valence-corrected chi connectivity index (χ0v) is 12.7. The molecule has 0 aliphatic heterocycles. The molecule has 5 nitrogen and oxygen atoms in total. The van der Waals surface area contributed by atoms with Crippen molar-refractivity contribution in [1.82, 2.24) is 5.32 Å². The fourth-order valence-corrected chi connectivity index (χ4v) is 2.99. The highest BCUT2D eigenvalue weighted by Gasteiger charge is 2.65. The molecule has 1 aliphatic carbocycles. The minimum Gasteiger partial charge on any atom is -0.496 e. The minimum atomic E-state index is -0.912. The van der Waals surface area contributed by atoms with Crippen LogP contribution in [0.1, 0.15) is 32.4 Å². The number of carbonyl (C=O) groups excluding carboxylic acids is 1. The molecule has 0 heterocycles. The van der Waals surface area contributed by atoms with Crippen molar-refractivity contribution in [3.8, 4) is 5.75 Å². The van der Waals surface area contributed by atoms with Crippen LogP contribution < -0.4 is 10.1 Å². The molecule has 0 aromatic heterocycles. The van der Waals surface area contributed by atoms with Crippen LogP contribution in [0.5, 0.6) is 5.75 Å². The van der Waals surface area contributed by atoms with Crippen LogP contribution in [0.4, 0.5) is 0 Å². The predicted molar refractivity (Wildman–Crippen MR) is 77.9 cm³/mol. The van der Waals surface area contributed by atoms with Crippen LogP contribution in [-0.4, -0.2) is 24.1 Å².